The molecule has 1 aliphatic rings. The van der Waals surface area contributed by atoms with Gasteiger partial charge in [-0.2, -0.15) is 5.10 Å². The van der Waals surface area contributed by atoms with Crippen LogP contribution >= 0.6 is 0 Å². The highest BCUT2D eigenvalue weighted by atomic mass is 15.2. The van der Waals surface area contributed by atoms with E-state index in [9.17, 15) is 0 Å². The third-order valence-corrected chi connectivity index (χ3v) is 7.48. The van der Waals surface area contributed by atoms with Crippen LogP contribution in [0.25, 0.3) is 44.6 Å². The number of hydrogen-bond acceptors (Lipinski definition) is 6. The van der Waals surface area contributed by atoms with Crippen LogP contribution in [0, 0.1) is 0 Å². The van der Waals surface area contributed by atoms with E-state index in [2.05, 4.69) is 78.3 Å². The second kappa shape index (κ2) is 10.3. The van der Waals surface area contributed by atoms with E-state index in [-0.39, 0.29) is 0 Å². The van der Waals surface area contributed by atoms with E-state index in [1.807, 2.05) is 42.9 Å². The zero-order chi connectivity index (χ0) is 26.9. The number of piperidine rings is 1. The lowest BCUT2D eigenvalue weighted by atomic mass is 10.0. The van der Waals surface area contributed by atoms with Crippen molar-refractivity contribution in [3.05, 3.63) is 97.1 Å². The van der Waals surface area contributed by atoms with Gasteiger partial charge in [-0.15, -0.1) is 0 Å². The Morgan fingerprint density at radius 3 is 2.67 bits per heavy atom. The fourth-order valence-electron chi connectivity index (χ4n) is 5.50. The van der Waals surface area contributed by atoms with E-state index in [0.717, 1.165) is 81.3 Å². The van der Waals surface area contributed by atoms with Crippen LogP contribution in [0.3, 0.4) is 0 Å². The van der Waals surface area contributed by atoms with Crippen LogP contribution in [0.2, 0.25) is 0 Å². The van der Waals surface area contributed by atoms with Crippen molar-refractivity contribution >= 4 is 33.4 Å². The highest BCUT2D eigenvalue weighted by Crippen LogP contribution is 2.33. The molecule has 2 aromatic carbocycles. The summed E-state index contributed by atoms with van der Waals surface area (Å²) < 4.78 is 0. The van der Waals surface area contributed by atoms with Gasteiger partial charge >= 0.3 is 0 Å². The Labute approximate surface area is 232 Å². The number of aromatic nitrogens is 6. The molecule has 8 heteroatoms. The number of hydrogen-bond donors (Lipinski definition) is 3. The fourth-order valence-corrected chi connectivity index (χ4v) is 5.50. The second-order valence-corrected chi connectivity index (χ2v) is 10.3. The van der Waals surface area contributed by atoms with Gasteiger partial charge in [-0.05, 0) is 54.7 Å². The van der Waals surface area contributed by atoms with Crippen LogP contribution in [0.5, 0.6) is 0 Å². The summed E-state index contributed by atoms with van der Waals surface area (Å²) in [5, 5.41) is 12.2. The first-order valence-electron chi connectivity index (χ1n) is 13.7. The van der Waals surface area contributed by atoms with E-state index in [1.54, 1.807) is 0 Å². The number of nitrogens with one attached hydrogen (secondary N) is 3. The van der Waals surface area contributed by atoms with Gasteiger partial charge in [0, 0.05) is 48.6 Å². The highest BCUT2D eigenvalue weighted by molar-refractivity contribution is 5.97. The number of rotatable bonds is 7. The summed E-state index contributed by atoms with van der Waals surface area (Å²) in [6.45, 7) is 6.25. The van der Waals surface area contributed by atoms with Crippen molar-refractivity contribution in [2.75, 3.05) is 23.3 Å². The molecule has 8 nitrogen and oxygen atoms in total. The number of fused-ring (bicyclic) bond motifs is 2. The minimum absolute atomic E-state index is 0.732. The van der Waals surface area contributed by atoms with Crippen LogP contribution in [0.4, 0.5) is 11.5 Å². The molecule has 1 aliphatic heterocycles. The van der Waals surface area contributed by atoms with Crippen molar-refractivity contribution in [2.24, 2.45) is 0 Å². The van der Waals surface area contributed by atoms with Gasteiger partial charge in [0.2, 0.25) is 0 Å². The highest BCUT2D eigenvalue weighted by Gasteiger charge is 2.20. The smallest absolute Gasteiger partial charge is 0.159 e. The molecule has 5 heterocycles. The number of H-pyrrole nitrogens is 2. The molecule has 0 spiro atoms. The largest absolute Gasteiger partial charge is 0.358 e. The number of nitrogens with zero attached hydrogens (tertiary/aromatic N) is 5. The van der Waals surface area contributed by atoms with Gasteiger partial charge in [0.25, 0.3) is 0 Å². The normalized spacial score (nSPS) is 13.7. The topological polar surface area (TPSA) is 98.4 Å². The SMILES string of the molecule is C=C(Cc1ccccc1)Nc1cncc(-c2ccc3[nH]nc(-c4nc5c(N6CCCCC6)nccc5[nH]4)c3c2)c1. The van der Waals surface area contributed by atoms with Crippen molar-refractivity contribution in [2.45, 2.75) is 25.7 Å². The molecule has 6 aromatic rings. The van der Waals surface area contributed by atoms with Crippen LogP contribution < -0.4 is 10.2 Å². The first-order chi connectivity index (χ1) is 19.7. The maximum absolute atomic E-state index is 4.99. The third-order valence-electron chi connectivity index (χ3n) is 7.48. The molecule has 0 unspecified atom stereocenters. The maximum atomic E-state index is 4.99. The van der Waals surface area contributed by atoms with E-state index < -0.39 is 0 Å². The Bertz CT molecular complexity index is 1810. The number of benzene rings is 2. The van der Waals surface area contributed by atoms with Crippen molar-refractivity contribution in [3.63, 3.8) is 0 Å². The summed E-state index contributed by atoms with van der Waals surface area (Å²) in [6, 6.07) is 20.7. The molecule has 0 radical (unpaired) electrons. The number of aromatic amines is 2. The maximum Gasteiger partial charge on any atom is 0.159 e. The number of pyridine rings is 2. The molecule has 40 heavy (non-hydrogen) atoms. The van der Waals surface area contributed by atoms with Gasteiger partial charge in [0.15, 0.2) is 11.6 Å². The van der Waals surface area contributed by atoms with Gasteiger partial charge in [-0.1, -0.05) is 43.0 Å². The zero-order valence-electron chi connectivity index (χ0n) is 22.2. The molecule has 4 aromatic heterocycles. The molecule has 0 bridgehead atoms. The number of anilines is 2. The molecule has 1 fully saturated rings. The number of allylic oxidation sites excluding steroid dienone is 1. The standard InChI is InChI=1S/C32H30N8/c1-21(16-22-8-4-2-5-9-22)35-25-17-24(19-33-20-25)23-10-11-27-26(18-23)29(39-38-27)31-36-28-12-13-34-32(30(28)37-31)40-14-6-3-7-15-40/h2,4-5,8-13,17-20,35H,1,3,6-7,14-16H2,(H,36,37)(H,38,39). The van der Waals surface area contributed by atoms with E-state index in [0.29, 0.717) is 0 Å². The zero-order valence-corrected chi connectivity index (χ0v) is 22.2. The first kappa shape index (κ1) is 24.1. The van der Waals surface area contributed by atoms with Crippen LogP contribution in [-0.4, -0.2) is 43.2 Å². The Morgan fingerprint density at radius 2 is 1.80 bits per heavy atom. The Kier molecular flexibility index (Phi) is 6.20. The summed E-state index contributed by atoms with van der Waals surface area (Å²) in [5.74, 6) is 1.68. The van der Waals surface area contributed by atoms with Crippen LogP contribution in [0.15, 0.2) is 91.5 Å². The predicted octanol–water partition coefficient (Wildman–Crippen LogP) is 6.72. The Balaban J connectivity index is 1.19. The van der Waals surface area contributed by atoms with Gasteiger partial charge in [-0.25, -0.2) is 9.97 Å². The average molecular weight is 527 g/mol. The third kappa shape index (κ3) is 4.68. The monoisotopic (exact) mass is 526 g/mol. The van der Waals surface area contributed by atoms with Crippen molar-refractivity contribution in [1.29, 1.82) is 0 Å². The van der Waals surface area contributed by atoms with Crippen molar-refractivity contribution in [3.8, 4) is 22.6 Å². The van der Waals surface area contributed by atoms with E-state index in [1.165, 1.54) is 24.8 Å². The fraction of sp³-hybridized carbons (Fsp3) is 0.188. The van der Waals surface area contributed by atoms with Gasteiger partial charge in [-0.3, -0.25) is 10.1 Å². The van der Waals surface area contributed by atoms with Crippen molar-refractivity contribution < 1.29 is 0 Å². The molecule has 0 amide bonds. The summed E-state index contributed by atoms with van der Waals surface area (Å²) in [6.07, 6.45) is 9.97. The molecule has 198 valence electrons. The van der Waals surface area contributed by atoms with Gasteiger partial charge in [0.05, 0.1) is 22.9 Å². The minimum Gasteiger partial charge on any atom is -0.358 e. The second-order valence-electron chi connectivity index (χ2n) is 10.3. The summed E-state index contributed by atoms with van der Waals surface area (Å²) in [5.41, 5.74) is 8.69. The molecule has 7 rings (SSSR count). The first-order valence-corrected chi connectivity index (χ1v) is 13.7. The van der Waals surface area contributed by atoms with Gasteiger partial charge in [0.1, 0.15) is 11.2 Å². The lowest BCUT2D eigenvalue weighted by molar-refractivity contribution is 0.574. The Morgan fingerprint density at radius 1 is 0.925 bits per heavy atom. The summed E-state index contributed by atoms with van der Waals surface area (Å²) >= 11 is 0. The van der Waals surface area contributed by atoms with Crippen molar-refractivity contribution in [1.82, 2.24) is 30.1 Å². The Hall–Kier alpha value is -4.98. The van der Waals surface area contributed by atoms with E-state index in [4.69, 9.17) is 4.98 Å². The van der Waals surface area contributed by atoms with Crippen LogP contribution in [0.1, 0.15) is 24.8 Å². The molecule has 0 aliphatic carbocycles. The van der Waals surface area contributed by atoms with Crippen LogP contribution in [-0.2, 0) is 6.42 Å². The van der Waals surface area contributed by atoms with Gasteiger partial charge < -0.3 is 15.2 Å². The molecule has 3 N–H and O–H groups in total. The van der Waals surface area contributed by atoms with E-state index >= 15 is 0 Å². The number of imidazole rings is 1. The minimum atomic E-state index is 0.732. The quantitative estimate of drug-likeness (QED) is 0.214. The molecular formula is C32H30N8. The summed E-state index contributed by atoms with van der Waals surface area (Å²) in [4.78, 5) is 20.0. The lowest BCUT2D eigenvalue weighted by Gasteiger charge is -2.27. The molecule has 0 saturated carbocycles. The summed E-state index contributed by atoms with van der Waals surface area (Å²) in [7, 11) is 0. The predicted molar refractivity (Wildman–Crippen MR) is 161 cm³/mol. The molecule has 1 saturated heterocycles. The molecule has 0 atom stereocenters. The molecular weight excluding hydrogens is 496 g/mol. The average Bonchev–Trinajstić information content (AvgIpc) is 3.62. The lowest BCUT2D eigenvalue weighted by Crippen LogP contribution is -2.30.